The Morgan fingerprint density at radius 2 is 2.05 bits per heavy atom. The Morgan fingerprint density at radius 1 is 1.25 bits per heavy atom. The van der Waals surface area contributed by atoms with Gasteiger partial charge in [0.15, 0.2) is 0 Å². The van der Waals surface area contributed by atoms with Gasteiger partial charge in [-0.05, 0) is 59.9 Å². The molecule has 0 N–H and O–H groups in total. The maximum atomic E-state index is 5.30. The summed E-state index contributed by atoms with van der Waals surface area (Å²) in [4.78, 5) is 5.21. The predicted octanol–water partition coefficient (Wildman–Crippen LogP) is 3.13. The van der Waals surface area contributed by atoms with Crippen LogP contribution in [0.25, 0.3) is 0 Å². The highest BCUT2D eigenvalue weighted by molar-refractivity contribution is 9.10. The van der Waals surface area contributed by atoms with Crippen LogP contribution in [0.3, 0.4) is 0 Å². The summed E-state index contributed by atoms with van der Waals surface area (Å²) in [5, 5.41) is 0. The minimum atomic E-state index is 0.754. The van der Waals surface area contributed by atoms with Crippen LogP contribution in [0.4, 0.5) is 0 Å². The number of halogens is 1. The van der Waals surface area contributed by atoms with Crippen LogP contribution in [-0.4, -0.2) is 49.1 Å². The Balaban J connectivity index is 1.67. The zero-order valence-electron chi connectivity index (χ0n) is 12.3. The normalized spacial score (nSPS) is 27.6. The topological polar surface area (TPSA) is 15.7 Å². The van der Waals surface area contributed by atoms with Crippen molar-refractivity contribution in [2.24, 2.45) is 0 Å². The molecule has 2 aliphatic heterocycles. The standard InChI is InChI=1S/C16H23BrN2O/c1-18-13-4-5-14(18)11-19(8-7-13)10-12-3-6-16(20-2)15(17)9-12/h3,6,9,13-14H,4-5,7-8,10-11H2,1-2H3. The van der Waals surface area contributed by atoms with Crippen molar-refractivity contribution in [2.75, 3.05) is 27.2 Å². The molecule has 4 heteroatoms. The lowest BCUT2D eigenvalue weighted by molar-refractivity contribution is 0.214. The van der Waals surface area contributed by atoms with Crippen LogP contribution in [-0.2, 0) is 6.54 Å². The first-order chi connectivity index (χ1) is 9.67. The van der Waals surface area contributed by atoms with Crippen LogP contribution < -0.4 is 4.74 Å². The largest absolute Gasteiger partial charge is 0.496 e. The van der Waals surface area contributed by atoms with Crippen LogP contribution >= 0.6 is 15.9 Å². The summed E-state index contributed by atoms with van der Waals surface area (Å²) in [5.41, 5.74) is 1.36. The van der Waals surface area contributed by atoms with Crippen molar-refractivity contribution in [1.82, 2.24) is 9.80 Å². The van der Waals surface area contributed by atoms with E-state index in [-0.39, 0.29) is 0 Å². The average Bonchev–Trinajstić information content (AvgIpc) is 2.67. The minimum absolute atomic E-state index is 0.754. The van der Waals surface area contributed by atoms with E-state index in [2.05, 4.69) is 51.0 Å². The first-order valence-corrected chi connectivity index (χ1v) is 8.23. The Bertz CT molecular complexity index is 480. The first kappa shape index (κ1) is 14.4. The van der Waals surface area contributed by atoms with E-state index in [1.54, 1.807) is 7.11 Å². The Kier molecular flexibility index (Phi) is 4.34. The number of fused-ring (bicyclic) bond motifs is 2. The number of methoxy groups -OCH3 is 1. The third-order valence-electron chi connectivity index (χ3n) is 4.85. The fourth-order valence-corrected chi connectivity index (χ4v) is 4.18. The second-order valence-corrected chi connectivity index (χ2v) is 6.90. The van der Waals surface area contributed by atoms with Crippen LogP contribution in [0, 0.1) is 0 Å². The number of nitrogens with zero attached hydrogens (tertiary/aromatic N) is 2. The van der Waals surface area contributed by atoms with Gasteiger partial charge in [0.2, 0.25) is 0 Å². The molecule has 0 amide bonds. The van der Waals surface area contributed by atoms with Crippen LogP contribution in [0.5, 0.6) is 5.75 Å². The molecule has 0 aliphatic carbocycles. The van der Waals surface area contributed by atoms with Gasteiger partial charge in [-0.15, -0.1) is 0 Å². The van der Waals surface area contributed by atoms with E-state index >= 15 is 0 Å². The molecule has 2 saturated heterocycles. The molecule has 2 unspecified atom stereocenters. The van der Waals surface area contributed by atoms with E-state index in [4.69, 9.17) is 4.74 Å². The van der Waals surface area contributed by atoms with E-state index in [1.807, 2.05) is 0 Å². The summed E-state index contributed by atoms with van der Waals surface area (Å²) < 4.78 is 6.34. The first-order valence-electron chi connectivity index (χ1n) is 7.44. The molecular formula is C16H23BrN2O. The number of hydrogen-bond donors (Lipinski definition) is 0. The van der Waals surface area contributed by atoms with Gasteiger partial charge in [0.25, 0.3) is 0 Å². The number of hydrogen-bond acceptors (Lipinski definition) is 3. The summed E-state index contributed by atoms with van der Waals surface area (Å²) in [6, 6.07) is 7.98. The summed E-state index contributed by atoms with van der Waals surface area (Å²) in [7, 11) is 4.01. The van der Waals surface area contributed by atoms with Gasteiger partial charge in [-0.3, -0.25) is 9.80 Å². The van der Waals surface area contributed by atoms with Crippen LogP contribution in [0.15, 0.2) is 22.7 Å². The molecule has 2 atom stereocenters. The van der Waals surface area contributed by atoms with Crippen molar-refractivity contribution in [1.29, 1.82) is 0 Å². The van der Waals surface area contributed by atoms with Gasteiger partial charge in [-0.1, -0.05) is 6.07 Å². The highest BCUT2D eigenvalue weighted by Gasteiger charge is 2.34. The molecular weight excluding hydrogens is 316 g/mol. The molecule has 3 rings (SSSR count). The van der Waals surface area contributed by atoms with Gasteiger partial charge in [0.1, 0.15) is 5.75 Å². The van der Waals surface area contributed by atoms with Crippen LogP contribution in [0.2, 0.25) is 0 Å². The molecule has 0 saturated carbocycles. The zero-order chi connectivity index (χ0) is 14.1. The molecule has 0 aromatic heterocycles. The SMILES string of the molecule is COc1ccc(CN2CCC3CCC(C2)N3C)cc1Br. The molecule has 110 valence electrons. The summed E-state index contributed by atoms with van der Waals surface area (Å²) in [6.45, 7) is 3.46. The highest BCUT2D eigenvalue weighted by Crippen LogP contribution is 2.30. The fraction of sp³-hybridized carbons (Fsp3) is 0.625. The number of likely N-dealkylation sites (tertiary alicyclic amines) is 1. The van der Waals surface area contributed by atoms with Gasteiger partial charge in [0, 0.05) is 31.7 Å². The lowest BCUT2D eigenvalue weighted by Crippen LogP contribution is -2.36. The molecule has 1 aromatic rings. The number of benzene rings is 1. The number of ether oxygens (including phenoxy) is 1. The smallest absolute Gasteiger partial charge is 0.133 e. The van der Waals surface area contributed by atoms with E-state index in [0.29, 0.717) is 0 Å². The Hall–Kier alpha value is -0.580. The molecule has 3 nitrogen and oxygen atoms in total. The van der Waals surface area contributed by atoms with E-state index in [1.165, 1.54) is 37.9 Å². The van der Waals surface area contributed by atoms with Gasteiger partial charge in [0.05, 0.1) is 11.6 Å². The predicted molar refractivity (Wildman–Crippen MR) is 85.2 cm³/mol. The second-order valence-electron chi connectivity index (χ2n) is 6.04. The molecule has 2 fully saturated rings. The molecule has 2 heterocycles. The lowest BCUT2D eigenvalue weighted by atomic mass is 10.1. The van der Waals surface area contributed by atoms with Crippen molar-refractivity contribution >= 4 is 15.9 Å². The van der Waals surface area contributed by atoms with E-state index in [9.17, 15) is 0 Å². The fourth-order valence-electron chi connectivity index (χ4n) is 3.59. The molecule has 2 bridgehead atoms. The van der Waals surface area contributed by atoms with Gasteiger partial charge < -0.3 is 4.74 Å². The maximum Gasteiger partial charge on any atom is 0.133 e. The average molecular weight is 339 g/mol. The Labute approximate surface area is 130 Å². The van der Waals surface area contributed by atoms with Crippen molar-refractivity contribution in [3.8, 4) is 5.75 Å². The monoisotopic (exact) mass is 338 g/mol. The molecule has 0 spiro atoms. The minimum Gasteiger partial charge on any atom is -0.496 e. The van der Waals surface area contributed by atoms with Crippen molar-refractivity contribution in [3.05, 3.63) is 28.2 Å². The van der Waals surface area contributed by atoms with E-state index in [0.717, 1.165) is 28.9 Å². The van der Waals surface area contributed by atoms with Crippen molar-refractivity contribution in [2.45, 2.75) is 37.9 Å². The number of rotatable bonds is 3. The lowest BCUT2D eigenvalue weighted by Gasteiger charge is -2.25. The van der Waals surface area contributed by atoms with Gasteiger partial charge in [-0.25, -0.2) is 0 Å². The zero-order valence-corrected chi connectivity index (χ0v) is 13.9. The third-order valence-corrected chi connectivity index (χ3v) is 5.47. The third kappa shape index (κ3) is 2.87. The Morgan fingerprint density at radius 3 is 2.80 bits per heavy atom. The van der Waals surface area contributed by atoms with E-state index < -0.39 is 0 Å². The highest BCUT2D eigenvalue weighted by atomic mass is 79.9. The maximum absolute atomic E-state index is 5.30. The number of likely N-dealkylation sites (N-methyl/N-ethyl adjacent to an activating group) is 1. The second kappa shape index (κ2) is 6.04. The quantitative estimate of drug-likeness (QED) is 0.842. The van der Waals surface area contributed by atoms with Crippen molar-refractivity contribution < 1.29 is 4.74 Å². The van der Waals surface area contributed by atoms with Crippen LogP contribution in [0.1, 0.15) is 24.8 Å². The van der Waals surface area contributed by atoms with Gasteiger partial charge >= 0.3 is 0 Å². The molecule has 20 heavy (non-hydrogen) atoms. The van der Waals surface area contributed by atoms with Gasteiger partial charge in [-0.2, -0.15) is 0 Å². The molecule has 2 aliphatic rings. The summed E-state index contributed by atoms with van der Waals surface area (Å²) in [5.74, 6) is 0.906. The summed E-state index contributed by atoms with van der Waals surface area (Å²) >= 11 is 3.58. The van der Waals surface area contributed by atoms with Crippen molar-refractivity contribution in [3.63, 3.8) is 0 Å². The summed E-state index contributed by atoms with van der Waals surface area (Å²) in [6.07, 6.45) is 4.07. The molecule has 0 radical (unpaired) electrons. The molecule has 1 aromatic carbocycles.